The molecule has 0 aliphatic rings. The molecule has 1 amide bonds. The maximum absolute atomic E-state index is 13.5. The first-order valence-corrected chi connectivity index (χ1v) is 11.4. The van der Waals surface area contributed by atoms with E-state index < -0.39 is 0 Å². The third-order valence-electron chi connectivity index (χ3n) is 5.01. The molecular weight excluding hydrogens is 446 g/mol. The van der Waals surface area contributed by atoms with Crippen LogP contribution in [0.15, 0.2) is 36.4 Å². The predicted molar refractivity (Wildman–Crippen MR) is 135 cm³/mol. The number of amides is 1. The van der Waals surface area contributed by atoms with Crippen LogP contribution in [-0.2, 0) is 0 Å². The summed E-state index contributed by atoms with van der Waals surface area (Å²) in [6, 6.07) is 11.3. The Morgan fingerprint density at radius 1 is 1.16 bits per heavy atom. The van der Waals surface area contributed by atoms with Crippen molar-refractivity contribution in [3.05, 3.63) is 47.5 Å². The molecule has 0 spiro atoms. The number of methoxy groups -OCH3 is 1. The lowest BCUT2D eigenvalue weighted by Gasteiger charge is -2.22. The molecule has 0 fully saturated rings. The molecule has 0 aliphatic heterocycles. The van der Waals surface area contributed by atoms with E-state index in [1.54, 1.807) is 12.0 Å². The molecule has 1 aromatic heterocycles. The van der Waals surface area contributed by atoms with Gasteiger partial charge in [-0.25, -0.2) is 4.98 Å². The van der Waals surface area contributed by atoms with Gasteiger partial charge in [-0.1, -0.05) is 36.8 Å². The smallest absolute Gasteiger partial charge is 0.260 e. The van der Waals surface area contributed by atoms with Crippen LogP contribution in [0.3, 0.4) is 0 Å². The molecule has 1 heterocycles. The molecule has 0 aliphatic carbocycles. The van der Waals surface area contributed by atoms with Gasteiger partial charge < -0.3 is 14.4 Å². The molecule has 8 heteroatoms. The van der Waals surface area contributed by atoms with Crippen LogP contribution in [0.25, 0.3) is 10.2 Å². The maximum atomic E-state index is 13.5. The quantitative estimate of drug-likeness (QED) is 0.365. The van der Waals surface area contributed by atoms with Crippen molar-refractivity contribution in [1.82, 2.24) is 9.88 Å². The zero-order chi connectivity index (χ0) is 22.4. The van der Waals surface area contributed by atoms with E-state index in [0.717, 1.165) is 40.9 Å². The third kappa shape index (κ3) is 6.12. The number of unbranched alkanes of at least 4 members (excludes halogenated alkanes) is 1. The van der Waals surface area contributed by atoms with Gasteiger partial charge in [-0.3, -0.25) is 9.69 Å². The largest absolute Gasteiger partial charge is 0.494 e. The molecule has 0 radical (unpaired) electrons. The molecule has 0 atom stereocenters. The maximum Gasteiger partial charge on any atom is 0.260 e. The van der Waals surface area contributed by atoms with Crippen LogP contribution in [0.4, 0.5) is 5.13 Å². The first-order valence-electron chi connectivity index (χ1n) is 10.6. The molecular formula is C24H32ClN3O3S. The Hall–Kier alpha value is -2.35. The van der Waals surface area contributed by atoms with Gasteiger partial charge in [-0.15, -0.1) is 12.4 Å². The number of aromatic nitrogens is 1. The van der Waals surface area contributed by atoms with Gasteiger partial charge in [0, 0.05) is 18.7 Å². The van der Waals surface area contributed by atoms with Crippen LogP contribution in [0.2, 0.25) is 0 Å². The number of benzene rings is 2. The van der Waals surface area contributed by atoms with Crippen molar-refractivity contribution in [1.29, 1.82) is 0 Å². The van der Waals surface area contributed by atoms with Gasteiger partial charge in [0.15, 0.2) is 5.13 Å². The van der Waals surface area contributed by atoms with Crippen molar-refractivity contribution in [2.24, 2.45) is 0 Å². The summed E-state index contributed by atoms with van der Waals surface area (Å²) in [5.41, 5.74) is 2.50. The van der Waals surface area contributed by atoms with Crippen LogP contribution < -0.4 is 14.4 Å². The Labute approximate surface area is 200 Å². The summed E-state index contributed by atoms with van der Waals surface area (Å²) >= 11 is 1.52. The van der Waals surface area contributed by atoms with Gasteiger partial charge in [-0.05, 0) is 57.3 Å². The number of aryl methyl sites for hydroxylation is 1. The van der Waals surface area contributed by atoms with Crippen LogP contribution in [0, 0.1) is 6.92 Å². The van der Waals surface area contributed by atoms with Crippen molar-refractivity contribution >= 4 is 45.0 Å². The van der Waals surface area contributed by atoms with Gasteiger partial charge in [0.25, 0.3) is 5.91 Å². The SMILES string of the molecule is CCCCOc1cccc(C(=O)N(CCN(C)C)c2nc3c(OC)ccc(C)c3s2)c1.Cl. The van der Waals surface area contributed by atoms with Crippen LogP contribution in [-0.4, -0.2) is 56.7 Å². The molecule has 0 unspecified atom stereocenters. The minimum absolute atomic E-state index is 0. The zero-order valence-corrected chi connectivity index (χ0v) is 21.0. The van der Waals surface area contributed by atoms with E-state index in [1.807, 2.05) is 57.4 Å². The summed E-state index contributed by atoms with van der Waals surface area (Å²) in [6.45, 7) is 6.08. The highest BCUT2D eigenvalue weighted by atomic mass is 35.5. The summed E-state index contributed by atoms with van der Waals surface area (Å²) in [6.07, 6.45) is 2.05. The lowest BCUT2D eigenvalue weighted by atomic mass is 10.2. The number of anilines is 1. The van der Waals surface area contributed by atoms with Crippen molar-refractivity contribution in [2.75, 3.05) is 45.8 Å². The number of carbonyl (C=O) groups excluding carboxylic acids is 1. The summed E-state index contributed by atoms with van der Waals surface area (Å²) in [4.78, 5) is 22.2. The molecule has 174 valence electrons. The van der Waals surface area contributed by atoms with E-state index in [9.17, 15) is 4.79 Å². The molecule has 2 aromatic carbocycles. The minimum atomic E-state index is -0.0848. The monoisotopic (exact) mass is 477 g/mol. The number of hydrogen-bond acceptors (Lipinski definition) is 6. The average Bonchev–Trinajstić information content (AvgIpc) is 3.20. The molecule has 0 saturated heterocycles. The number of likely N-dealkylation sites (N-methyl/N-ethyl adjacent to an activating group) is 1. The lowest BCUT2D eigenvalue weighted by Crippen LogP contribution is -2.36. The van der Waals surface area contributed by atoms with Gasteiger partial charge in [0.2, 0.25) is 0 Å². The molecule has 0 saturated carbocycles. The minimum Gasteiger partial charge on any atom is -0.494 e. The first kappa shape index (κ1) is 25.9. The third-order valence-corrected chi connectivity index (χ3v) is 6.22. The molecule has 3 rings (SSSR count). The zero-order valence-electron chi connectivity index (χ0n) is 19.4. The van der Waals surface area contributed by atoms with E-state index in [1.165, 1.54) is 11.3 Å². The Balaban J connectivity index is 0.00000363. The molecule has 6 nitrogen and oxygen atoms in total. The summed E-state index contributed by atoms with van der Waals surface area (Å²) in [5, 5.41) is 0.673. The van der Waals surface area contributed by atoms with Crippen LogP contribution in [0.5, 0.6) is 11.5 Å². The average molecular weight is 478 g/mol. The number of hydrogen-bond donors (Lipinski definition) is 0. The fourth-order valence-corrected chi connectivity index (χ4v) is 4.25. The predicted octanol–water partition coefficient (Wildman–Crippen LogP) is 5.42. The number of carbonyl (C=O) groups is 1. The van der Waals surface area contributed by atoms with Crippen molar-refractivity contribution in [3.8, 4) is 11.5 Å². The number of rotatable bonds is 10. The van der Waals surface area contributed by atoms with Gasteiger partial charge >= 0.3 is 0 Å². The van der Waals surface area contributed by atoms with E-state index >= 15 is 0 Å². The summed E-state index contributed by atoms with van der Waals surface area (Å²) in [7, 11) is 5.63. The first-order chi connectivity index (χ1) is 14.9. The Morgan fingerprint density at radius 2 is 1.94 bits per heavy atom. The van der Waals surface area contributed by atoms with Crippen LogP contribution >= 0.6 is 23.7 Å². The van der Waals surface area contributed by atoms with E-state index in [4.69, 9.17) is 14.5 Å². The molecule has 0 bridgehead atoms. The topological polar surface area (TPSA) is 54.9 Å². The lowest BCUT2D eigenvalue weighted by molar-refractivity contribution is 0.0984. The number of halogens is 1. The van der Waals surface area contributed by atoms with Crippen molar-refractivity contribution in [2.45, 2.75) is 26.7 Å². The molecule has 3 aromatic rings. The van der Waals surface area contributed by atoms with Crippen LogP contribution in [0.1, 0.15) is 35.7 Å². The highest BCUT2D eigenvalue weighted by molar-refractivity contribution is 7.22. The van der Waals surface area contributed by atoms with Gasteiger partial charge in [-0.2, -0.15) is 0 Å². The number of nitrogens with zero attached hydrogens (tertiary/aromatic N) is 3. The Bertz CT molecular complexity index is 1040. The van der Waals surface area contributed by atoms with Crippen molar-refractivity contribution < 1.29 is 14.3 Å². The van der Waals surface area contributed by atoms with E-state index in [0.29, 0.717) is 29.6 Å². The summed E-state index contributed by atoms with van der Waals surface area (Å²) in [5.74, 6) is 1.35. The molecule has 32 heavy (non-hydrogen) atoms. The second kappa shape index (κ2) is 12.0. The van der Waals surface area contributed by atoms with Crippen molar-refractivity contribution in [3.63, 3.8) is 0 Å². The van der Waals surface area contributed by atoms with Gasteiger partial charge in [0.1, 0.15) is 17.0 Å². The standard InChI is InChI=1S/C24H31N3O3S.ClH/c1-6-7-15-30-19-10-8-9-18(16-19)23(28)27(14-13-26(3)4)24-25-21-20(29-5)12-11-17(2)22(21)31-24;/h8-12,16H,6-7,13-15H2,1-5H3;1H. The fraction of sp³-hybridized carbons (Fsp3) is 0.417. The van der Waals surface area contributed by atoms with E-state index in [2.05, 4.69) is 11.8 Å². The summed E-state index contributed by atoms with van der Waals surface area (Å²) < 4.78 is 12.3. The Kier molecular flexibility index (Phi) is 9.75. The van der Waals surface area contributed by atoms with Gasteiger partial charge in [0.05, 0.1) is 18.4 Å². The highest BCUT2D eigenvalue weighted by Crippen LogP contribution is 2.36. The number of thiazole rings is 1. The normalized spacial score (nSPS) is 10.8. The highest BCUT2D eigenvalue weighted by Gasteiger charge is 2.23. The number of fused-ring (bicyclic) bond motifs is 1. The van der Waals surface area contributed by atoms with E-state index in [-0.39, 0.29) is 18.3 Å². The second-order valence-corrected chi connectivity index (χ2v) is 8.73. The fourth-order valence-electron chi connectivity index (χ4n) is 3.17. The second-order valence-electron chi connectivity index (χ2n) is 7.75. The number of ether oxygens (including phenoxy) is 2. The Morgan fingerprint density at radius 3 is 2.62 bits per heavy atom. The molecule has 0 N–H and O–H groups in total.